The summed E-state index contributed by atoms with van der Waals surface area (Å²) in [6.07, 6.45) is 0.817. The molecular weight excluding hydrogens is 398 g/mol. The summed E-state index contributed by atoms with van der Waals surface area (Å²) in [5.74, 6) is -0.0303. The lowest BCUT2D eigenvalue weighted by molar-refractivity contribution is -0.123. The minimum atomic E-state index is -3.49. The molecule has 0 radical (unpaired) electrons. The van der Waals surface area contributed by atoms with Gasteiger partial charge in [0.15, 0.2) is 0 Å². The summed E-state index contributed by atoms with van der Waals surface area (Å²) in [6.45, 7) is 8.17. The monoisotopic (exact) mass is 429 g/mol. The number of hydrogen-bond acceptors (Lipinski definition) is 4. The van der Waals surface area contributed by atoms with Crippen molar-refractivity contribution in [1.29, 1.82) is 0 Å². The van der Waals surface area contributed by atoms with Crippen LogP contribution in [0.15, 0.2) is 53.4 Å². The second-order valence-corrected chi connectivity index (χ2v) is 9.87. The average molecular weight is 430 g/mol. The largest absolute Gasteiger partial charge is 0.348 e. The van der Waals surface area contributed by atoms with E-state index in [1.807, 2.05) is 30.9 Å². The standard InChI is InChI=1S/C23H31N3O3S/c1-4-22(20-9-5-18(2)6-10-20)24-23(27)17-25-13-15-26(16-14-25)30(28,29)21-11-7-19(3)8-12-21/h5-12,22H,4,13-17H2,1-3H3,(H,24,27)/t22-/m1/s1. The highest BCUT2D eigenvalue weighted by Gasteiger charge is 2.29. The first-order valence-electron chi connectivity index (χ1n) is 10.4. The molecule has 1 amide bonds. The van der Waals surface area contributed by atoms with Crippen LogP contribution < -0.4 is 5.32 Å². The highest BCUT2D eigenvalue weighted by molar-refractivity contribution is 7.89. The Morgan fingerprint density at radius 3 is 2.00 bits per heavy atom. The number of benzene rings is 2. The molecule has 3 rings (SSSR count). The number of hydrogen-bond donors (Lipinski definition) is 1. The molecule has 1 atom stereocenters. The predicted molar refractivity (Wildman–Crippen MR) is 119 cm³/mol. The maximum atomic E-state index is 12.8. The summed E-state index contributed by atoms with van der Waals surface area (Å²) >= 11 is 0. The summed E-state index contributed by atoms with van der Waals surface area (Å²) in [7, 11) is -3.49. The van der Waals surface area contributed by atoms with E-state index in [4.69, 9.17) is 0 Å². The molecule has 1 aliphatic heterocycles. The topological polar surface area (TPSA) is 69.7 Å². The Hall–Kier alpha value is -2.22. The van der Waals surface area contributed by atoms with Crippen LogP contribution in [0.1, 0.15) is 36.1 Å². The van der Waals surface area contributed by atoms with Crippen molar-refractivity contribution in [1.82, 2.24) is 14.5 Å². The number of sulfonamides is 1. The molecule has 0 spiro atoms. The Balaban J connectivity index is 1.53. The predicted octanol–water partition coefficient (Wildman–Crippen LogP) is 2.88. The van der Waals surface area contributed by atoms with Gasteiger partial charge in [0, 0.05) is 26.2 Å². The van der Waals surface area contributed by atoms with E-state index in [1.165, 1.54) is 9.87 Å². The third-order valence-corrected chi connectivity index (χ3v) is 7.49. The van der Waals surface area contributed by atoms with Gasteiger partial charge in [-0.25, -0.2) is 8.42 Å². The van der Waals surface area contributed by atoms with Crippen LogP contribution in [-0.4, -0.2) is 56.3 Å². The zero-order chi connectivity index (χ0) is 21.7. The Bertz CT molecular complexity index is 948. The van der Waals surface area contributed by atoms with Gasteiger partial charge in [0.2, 0.25) is 15.9 Å². The zero-order valence-corrected chi connectivity index (χ0v) is 18.8. The highest BCUT2D eigenvalue weighted by atomic mass is 32.2. The van der Waals surface area contributed by atoms with Crippen LogP contribution in [0.4, 0.5) is 0 Å². The number of carbonyl (C=O) groups excluding carboxylic acids is 1. The van der Waals surface area contributed by atoms with Crippen molar-refractivity contribution in [3.63, 3.8) is 0 Å². The van der Waals surface area contributed by atoms with E-state index in [1.54, 1.807) is 12.1 Å². The molecule has 6 nitrogen and oxygen atoms in total. The molecule has 2 aromatic carbocycles. The SMILES string of the molecule is CC[C@@H](NC(=O)CN1CCN(S(=O)(=O)c2ccc(C)cc2)CC1)c1ccc(C)cc1. The van der Waals surface area contributed by atoms with Crippen LogP contribution in [0.25, 0.3) is 0 Å². The smallest absolute Gasteiger partial charge is 0.243 e. The molecule has 1 aliphatic rings. The van der Waals surface area contributed by atoms with Crippen LogP contribution in [0.2, 0.25) is 0 Å². The fourth-order valence-electron chi connectivity index (χ4n) is 3.65. The van der Waals surface area contributed by atoms with Crippen LogP contribution in [0.3, 0.4) is 0 Å². The highest BCUT2D eigenvalue weighted by Crippen LogP contribution is 2.19. The first-order valence-corrected chi connectivity index (χ1v) is 11.9. The Labute approximate surface area is 179 Å². The van der Waals surface area contributed by atoms with Gasteiger partial charge in [-0.15, -0.1) is 0 Å². The molecule has 0 unspecified atom stereocenters. The van der Waals surface area contributed by atoms with Crippen LogP contribution in [-0.2, 0) is 14.8 Å². The van der Waals surface area contributed by atoms with Gasteiger partial charge >= 0.3 is 0 Å². The van der Waals surface area contributed by atoms with Crippen LogP contribution >= 0.6 is 0 Å². The lowest BCUT2D eigenvalue weighted by Crippen LogP contribution is -2.51. The third kappa shape index (κ3) is 5.47. The summed E-state index contributed by atoms with van der Waals surface area (Å²) in [4.78, 5) is 14.9. The quantitative estimate of drug-likeness (QED) is 0.735. The molecule has 2 aromatic rings. The molecule has 162 valence electrons. The van der Waals surface area contributed by atoms with Gasteiger partial charge in [-0.3, -0.25) is 9.69 Å². The van der Waals surface area contributed by atoms with Crippen molar-refractivity contribution < 1.29 is 13.2 Å². The minimum Gasteiger partial charge on any atom is -0.348 e. The number of aryl methyl sites for hydroxylation is 2. The molecule has 7 heteroatoms. The van der Waals surface area contributed by atoms with E-state index in [0.717, 1.165) is 17.5 Å². The summed E-state index contributed by atoms with van der Waals surface area (Å²) < 4.78 is 27.1. The Morgan fingerprint density at radius 2 is 1.47 bits per heavy atom. The fourth-order valence-corrected chi connectivity index (χ4v) is 5.07. The number of piperazine rings is 1. The van der Waals surface area contributed by atoms with Gasteiger partial charge in [-0.2, -0.15) is 4.31 Å². The van der Waals surface area contributed by atoms with Crippen molar-refractivity contribution in [2.24, 2.45) is 0 Å². The Morgan fingerprint density at radius 1 is 0.933 bits per heavy atom. The van der Waals surface area contributed by atoms with E-state index >= 15 is 0 Å². The Kier molecular flexibility index (Phi) is 7.28. The minimum absolute atomic E-state index is 0.0127. The average Bonchev–Trinajstić information content (AvgIpc) is 2.73. The third-order valence-electron chi connectivity index (χ3n) is 5.58. The van der Waals surface area contributed by atoms with Gasteiger partial charge in [-0.05, 0) is 38.0 Å². The maximum absolute atomic E-state index is 12.8. The van der Waals surface area contributed by atoms with Gasteiger partial charge in [-0.1, -0.05) is 54.4 Å². The van der Waals surface area contributed by atoms with Gasteiger partial charge < -0.3 is 5.32 Å². The van der Waals surface area contributed by atoms with Crippen molar-refractivity contribution in [3.05, 3.63) is 65.2 Å². The van der Waals surface area contributed by atoms with E-state index < -0.39 is 10.0 Å². The second kappa shape index (κ2) is 9.73. The van der Waals surface area contributed by atoms with Crippen molar-refractivity contribution in [2.45, 2.75) is 38.1 Å². The normalized spacial score (nSPS) is 16.9. The molecular formula is C23H31N3O3S. The van der Waals surface area contributed by atoms with Crippen LogP contribution in [0.5, 0.6) is 0 Å². The zero-order valence-electron chi connectivity index (χ0n) is 18.0. The van der Waals surface area contributed by atoms with E-state index in [-0.39, 0.29) is 18.5 Å². The molecule has 1 saturated heterocycles. The van der Waals surface area contributed by atoms with E-state index in [2.05, 4.69) is 36.5 Å². The number of rotatable bonds is 7. The second-order valence-electron chi connectivity index (χ2n) is 7.93. The lowest BCUT2D eigenvalue weighted by atomic mass is 10.0. The van der Waals surface area contributed by atoms with E-state index in [9.17, 15) is 13.2 Å². The maximum Gasteiger partial charge on any atom is 0.243 e. The fraction of sp³-hybridized carbons (Fsp3) is 0.435. The molecule has 30 heavy (non-hydrogen) atoms. The van der Waals surface area contributed by atoms with Gasteiger partial charge in [0.05, 0.1) is 17.5 Å². The van der Waals surface area contributed by atoms with Gasteiger partial charge in [0.25, 0.3) is 0 Å². The first-order chi connectivity index (χ1) is 14.3. The number of nitrogens with zero attached hydrogens (tertiary/aromatic N) is 2. The first kappa shape index (κ1) is 22.5. The molecule has 1 N–H and O–H groups in total. The van der Waals surface area contributed by atoms with Gasteiger partial charge in [0.1, 0.15) is 0 Å². The number of carbonyl (C=O) groups is 1. The number of nitrogens with one attached hydrogen (secondary N) is 1. The summed E-state index contributed by atoms with van der Waals surface area (Å²) in [6, 6.07) is 15.1. The van der Waals surface area contributed by atoms with E-state index in [0.29, 0.717) is 31.1 Å². The molecule has 0 saturated carbocycles. The lowest BCUT2D eigenvalue weighted by Gasteiger charge is -2.33. The molecule has 1 fully saturated rings. The van der Waals surface area contributed by atoms with Crippen molar-refractivity contribution >= 4 is 15.9 Å². The molecule has 0 aromatic heterocycles. The molecule has 1 heterocycles. The summed E-state index contributed by atoms with van der Waals surface area (Å²) in [5, 5.41) is 3.11. The molecule has 0 aliphatic carbocycles. The number of amides is 1. The van der Waals surface area contributed by atoms with Crippen molar-refractivity contribution in [3.8, 4) is 0 Å². The van der Waals surface area contributed by atoms with Crippen LogP contribution in [0, 0.1) is 13.8 Å². The molecule has 0 bridgehead atoms. The summed E-state index contributed by atoms with van der Waals surface area (Å²) in [5.41, 5.74) is 3.32. The van der Waals surface area contributed by atoms with Crippen molar-refractivity contribution in [2.75, 3.05) is 32.7 Å².